The molecule has 1 unspecified atom stereocenters. The molecule has 0 aliphatic rings. The summed E-state index contributed by atoms with van der Waals surface area (Å²) in [6.45, 7) is 2.17. The molecule has 3 aromatic carbocycles. The number of rotatable bonds is 7. The molecule has 0 N–H and O–H groups in total. The molecule has 0 aliphatic heterocycles. The van der Waals surface area contributed by atoms with Gasteiger partial charge in [0.15, 0.2) is 12.0 Å². The van der Waals surface area contributed by atoms with Gasteiger partial charge in [0.2, 0.25) is 6.10 Å². The van der Waals surface area contributed by atoms with Crippen molar-refractivity contribution in [1.82, 2.24) is 4.98 Å². The highest BCUT2D eigenvalue weighted by Crippen LogP contribution is 2.30. The van der Waals surface area contributed by atoms with E-state index in [4.69, 9.17) is 18.6 Å². The number of benzene rings is 3. The van der Waals surface area contributed by atoms with Crippen LogP contribution in [0, 0.1) is 18.3 Å². The Kier molecular flexibility index (Phi) is 6.04. The van der Waals surface area contributed by atoms with Gasteiger partial charge in [0.25, 0.3) is 0 Å². The standard InChI is InChI=1S/C25H20N2O5/c1-16-7-9-19(30-14-17-8-10-21-23(11-17)31-15-27-21)12-20(16)24(25(28)29-2)32-22-6-4-3-5-18(22)13-26/h3-12,15,24H,14H2,1-2H3. The Balaban J connectivity index is 1.59. The normalized spacial score (nSPS) is 11.5. The summed E-state index contributed by atoms with van der Waals surface area (Å²) >= 11 is 0. The van der Waals surface area contributed by atoms with Crippen LogP contribution in [-0.2, 0) is 16.1 Å². The maximum Gasteiger partial charge on any atom is 0.351 e. The molecule has 32 heavy (non-hydrogen) atoms. The van der Waals surface area contributed by atoms with Gasteiger partial charge in [-0.25, -0.2) is 9.78 Å². The van der Waals surface area contributed by atoms with Crippen molar-refractivity contribution >= 4 is 17.1 Å². The molecule has 1 heterocycles. The first-order valence-electron chi connectivity index (χ1n) is 9.88. The topological polar surface area (TPSA) is 94.6 Å². The van der Waals surface area contributed by atoms with Crippen molar-refractivity contribution in [1.29, 1.82) is 5.26 Å². The lowest BCUT2D eigenvalue weighted by Crippen LogP contribution is -2.21. The van der Waals surface area contributed by atoms with Gasteiger partial charge in [-0.3, -0.25) is 0 Å². The molecule has 160 valence electrons. The summed E-state index contributed by atoms with van der Waals surface area (Å²) in [6.07, 6.45) is 0.350. The van der Waals surface area contributed by atoms with Gasteiger partial charge in [0.05, 0.1) is 12.7 Å². The van der Waals surface area contributed by atoms with Crippen LogP contribution in [0.3, 0.4) is 0 Å². The van der Waals surface area contributed by atoms with Crippen LogP contribution in [0.25, 0.3) is 11.1 Å². The Morgan fingerprint density at radius 1 is 1.16 bits per heavy atom. The van der Waals surface area contributed by atoms with E-state index in [9.17, 15) is 10.1 Å². The lowest BCUT2D eigenvalue weighted by Gasteiger charge is -2.20. The summed E-state index contributed by atoms with van der Waals surface area (Å²) in [4.78, 5) is 16.7. The highest BCUT2D eigenvalue weighted by atomic mass is 16.6. The molecular formula is C25H20N2O5. The van der Waals surface area contributed by atoms with E-state index in [1.54, 1.807) is 30.3 Å². The van der Waals surface area contributed by atoms with Crippen molar-refractivity contribution in [2.45, 2.75) is 19.6 Å². The summed E-state index contributed by atoms with van der Waals surface area (Å²) < 4.78 is 22.2. The summed E-state index contributed by atoms with van der Waals surface area (Å²) in [5, 5.41) is 9.35. The number of carbonyl (C=O) groups excluding carboxylic acids is 1. The first-order chi connectivity index (χ1) is 15.6. The number of hydrogen-bond donors (Lipinski definition) is 0. The third-order valence-corrected chi connectivity index (χ3v) is 5.00. The van der Waals surface area contributed by atoms with Crippen LogP contribution in [0.4, 0.5) is 0 Å². The fourth-order valence-corrected chi connectivity index (χ4v) is 3.28. The zero-order chi connectivity index (χ0) is 22.5. The van der Waals surface area contributed by atoms with E-state index >= 15 is 0 Å². The summed E-state index contributed by atoms with van der Waals surface area (Å²) in [5.41, 5.74) is 4.13. The molecule has 0 fully saturated rings. The van der Waals surface area contributed by atoms with Crippen LogP contribution in [0.15, 0.2) is 71.5 Å². The lowest BCUT2D eigenvalue weighted by atomic mass is 10.0. The van der Waals surface area contributed by atoms with Gasteiger partial charge in [-0.05, 0) is 54.4 Å². The molecular weight excluding hydrogens is 408 g/mol. The van der Waals surface area contributed by atoms with E-state index in [0.29, 0.717) is 34.8 Å². The van der Waals surface area contributed by atoms with E-state index in [-0.39, 0.29) is 0 Å². The summed E-state index contributed by atoms with van der Waals surface area (Å²) in [5.74, 6) is 0.291. The number of aromatic nitrogens is 1. The number of para-hydroxylation sites is 1. The summed E-state index contributed by atoms with van der Waals surface area (Å²) in [7, 11) is 1.30. The van der Waals surface area contributed by atoms with Gasteiger partial charge in [-0.15, -0.1) is 0 Å². The zero-order valence-electron chi connectivity index (χ0n) is 17.6. The quantitative estimate of drug-likeness (QED) is 0.387. The Morgan fingerprint density at radius 2 is 2.00 bits per heavy atom. The molecule has 0 radical (unpaired) electrons. The highest BCUT2D eigenvalue weighted by molar-refractivity contribution is 5.78. The molecule has 0 amide bonds. The third-order valence-electron chi connectivity index (χ3n) is 5.00. The number of ether oxygens (including phenoxy) is 3. The molecule has 7 nitrogen and oxygen atoms in total. The SMILES string of the molecule is COC(=O)C(Oc1ccccc1C#N)c1cc(OCc2ccc3ncoc3c2)ccc1C. The van der Waals surface area contributed by atoms with Crippen molar-refractivity contribution in [3.63, 3.8) is 0 Å². The van der Waals surface area contributed by atoms with Crippen LogP contribution in [-0.4, -0.2) is 18.1 Å². The minimum atomic E-state index is -1.05. The second-order valence-corrected chi connectivity index (χ2v) is 7.09. The molecule has 1 atom stereocenters. The average Bonchev–Trinajstić information content (AvgIpc) is 3.30. The third kappa shape index (κ3) is 4.40. The molecule has 0 bridgehead atoms. The predicted octanol–water partition coefficient (Wildman–Crippen LogP) is 4.88. The number of aryl methyl sites for hydroxylation is 1. The molecule has 1 aromatic heterocycles. The van der Waals surface area contributed by atoms with Gasteiger partial charge < -0.3 is 18.6 Å². The van der Waals surface area contributed by atoms with Crippen molar-refractivity contribution < 1.29 is 23.4 Å². The largest absolute Gasteiger partial charge is 0.489 e. The molecule has 7 heteroatoms. The summed E-state index contributed by atoms with van der Waals surface area (Å²) in [6, 6.07) is 19.9. The Morgan fingerprint density at radius 3 is 2.81 bits per heavy atom. The Hall–Kier alpha value is -4.31. The maximum atomic E-state index is 12.6. The number of methoxy groups -OCH3 is 1. The second-order valence-electron chi connectivity index (χ2n) is 7.09. The van der Waals surface area contributed by atoms with E-state index in [0.717, 1.165) is 16.6 Å². The van der Waals surface area contributed by atoms with Crippen molar-refractivity contribution in [2.24, 2.45) is 0 Å². The van der Waals surface area contributed by atoms with E-state index < -0.39 is 12.1 Å². The number of oxazole rings is 1. The van der Waals surface area contributed by atoms with Crippen LogP contribution in [0.2, 0.25) is 0 Å². The zero-order valence-corrected chi connectivity index (χ0v) is 17.6. The maximum absolute atomic E-state index is 12.6. The van der Waals surface area contributed by atoms with Crippen LogP contribution >= 0.6 is 0 Å². The van der Waals surface area contributed by atoms with Gasteiger partial charge in [0.1, 0.15) is 29.7 Å². The van der Waals surface area contributed by atoms with Gasteiger partial charge >= 0.3 is 5.97 Å². The van der Waals surface area contributed by atoms with E-state index in [1.807, 2.05) is 37.3 Å². The highest BCUT2D eigenvalue weighted by Gasteiger charge is 2.27. The number of hydrogen-bond acceptors (Lipinski definition) is 7. The number of fused-ring (bicyclic) bond motifs is 1. The molecule has 0 saturated heterocycles. The van der Waals surface area contributed by atoms with Crippen molar-refractivity contribution in [2.75, 3.05) is 7.11 Å². The fraction of sp³-hybridized carbons (Fsp3) is 0.160. The van der Waals surface area contributed by atoms with E-state index in [2.05, 4.69) is 11.1 Å². The molecule has 0 aliphatic carbocycles. The number of nitrogens with zero attached hydrogens (tertiary/aromatic N) is 2. The number of nitriles is 1. The van der Waals surface area contributed by atoms with Crippen LogP contribution < -0.4 is 9.47 Å². The molecule has 0 spiro atoms. The van der Waals surface area contributed by atoms with Crippen molar-refractivity contribution in [3.8, 4) is 17.6 Å². The Bertz CT molecular complexity index is 1310. The second kappa shape index (κ2) is 9.23. The van der Waals surface area contributed by atoms with Crippen LogP contribution in [0.5, 0.6) is 11.5 Å². The minimum absolute atomic E-state index is 0.302. The van der Waals surface area contributed by atoms with E-state index in [1.165, 1.54) is 13.5 Å². The smallest absolute Gasteiger partial charge is 0.351 e. The molecule has 4 aromatic rings. The Labute approximate surface area is 184 Å². The first kappa shape index (κ1) is 20.9. The fourth-order valence-electron chi connectivity index (χ4n) is 3.28. The molecule has 4 rings (SSSR count). The first-order valence-corrected chi connectivity index (χ1v) is 9.88. The predicted molar refractivity (Wildman–Crippen MR) is 116 cm³/mol. The lowest BCUT2D eigenvalue weighted by molar-refractivity contribution is -0.149. The monoisotopic (exact) mass is 428 g/mol. The number of carbonyl (C=O) groups is 1. The van der Waals surface area contributed by atoms with Gasteiger partial charge in [-0.1, -0.05) is 24.3 Å². The van der Waals surface area contributed by atoms with Gasteiger partial charge in [0, 0.05) is 5.56 Å². The minimum Gasteiger partial charge on any atom is -0.489 e. The average molecular weight is 428 g/mol. The number of esters is 1. The van der Waals surface area contributed by atoms with Crippen LogP contribution in [0.1, 0.15) is 28.4 Å². The van der Waals surface area contributed by atoms with Gasteiger partial charge in [-0.2, -0.15) is 5.26 Å². The molecule has 0 saturated carbocycles. The van der Waals surface area contributed by atoms with Crippen molar-refractivity contribution in [3.05, 3.63) is 89.3 Å².